The molecule has 1 amide bonds. The molecular weight excluding hydrogens is 276 g/mol. The second-order valence-electron chi connectivity index (χ2n) is 5.08. The fourth-order valence-corrected chi connectivity index (χ4v) is 2.19. The van der Waals surface area contributed by atoms with Gasteiger partial charge in [0.15, 0.2) is 11.6 Å². The molecule has 0 radical (unpaired) electrons. The van der Waals surface area contributed by atoms with Crippen LogP contribution in [0.5, 0.6) is 0 Å². The number of carbonyl (C=O) groups is 1. The van der Waals surface area contributed by atoms with E-state index in [-0.39, 0.29) is 5.91 Å². The van der Waals surface area contributed by atoms with Crippen LogP contribution in [0.2, 0.25) is 0 Å². The summed E-state index contributed by atoms with van der Waals surface area (Å²) in [6, 6.07) is 1.58. The van der Waals surface area contributed by atoms with Gasteiger partial charge in [0.25, 0.3) is 0 Å². The standard InChI is InChI=1S/C15H19F2N3O/c1-3-4-5-6-18-15(21)10(2)20-9-19-13-7-11(16)12(17)8-14(13)20/h7-10H,3-6H2,1-2H3,(H,18,21). The molecule has 6 heteroatoms. The van der Waals surface area contributed by atoms with Crippen molar-refractivity contribution in [1.29, 1.82) is 0 Å². The maximum absolute atomic E-state index is 13.3. The first-order chi connectivity index (χ1) is 10.0. The summed E-state index contributed by atoms with van der Waals surface area (Å²) in [5.41, 5.74) is 0.740. The first kappa shape index (κ1) is 15.4. The van der Waals surface area contributed by atoms with Gasteiger partial charge in [0, 0.05) is 18.7 Å². The summed E-state index contributed by atoms with van der Waals surface area (Å²) in [6.07, 6.45) is 4.51. The van der Waals surface area contributed by atoms with Crippen molar-refractivity contribution in [3.63, 3.8) is 0 Å². The molecular formula is C15H19F2N3O. The highest BCUT2D eigenvalue weighted by Crippen LogP contribution is 2.21. The first-order valence-corrected chi connectivity index (χ1v) is 7.14. The number of benzene rings is 1. The predicted octanol–water partition coefficient (Wildman–Crippen LogP) is 3.18. The summed E-state index contributed by atoms with van der Waals surface area (Å²) >= 11 is 0. The number of aromatic nitrogens is 2. The van der Waals surface area contributed by atoms with Gasteiger partial charge in [-0.25, -0.2) is 13.8 Å². The Bertz CT molecular complexity index is 639. The highest BCUT2D eigenvalue weighted by atomic mass is 19.2. The van der Waals surface area contributed by atoms with Crippen LogP contribution in [0.15, 0.2) is 18.5 Å². The predicted molar refractivity (Wildman–Crippen MR) is 76.9 cm³/mol. The molecule has 2 rings (SSSR count). The van der Waals surface area contributed by atoms with Gasteiger partial charge in [-0.15, -0.1) is 0 Å². The van der Waals surface area contributed by atoms with E-state index >= 15 is 0 Å². The molecule has 0 aliphatic rings. The van der Waals surface area contributed by atoms with E-state index in [2.05, 4.69) is 17.2 Å². The van der Waals surface area contributed by atoms with Gasteiger partial charge in [-0.05, 0) is 13.3 Å². The van der Waals surface area contributed by atoms with E-state index in [1.165, 1.54) is 6.33 Å². The molecule has 1 aromatic carbocycles. The Morgan fingerprint density at radius 1 is 1.33 bits per heavy atom. The Hall–Kier alpha value is -1.98. The summed E-state index contributed by atoms with van der Waals surface area (Å²) in [4.78, 5) is 16.1. The number of fused-ring (bicyclic) bond motifs is 1. The van der Waals surface area contributed by atoms with Gasteiger partial charge in [0.1, 0.15) is 6.04 Å². The van der Waals surface area contributed by atoms with Crippen LogP contribution in [-0.4, -0.2) is 22.0 Å². The monoisotopic (exact) mass is 295 g/mol. The van der Waals surface area contributed by atoms with Crippen molar-refractivity contribution >= 4 is 16.9 Å². The summed E-state index contributed by atoms with van der Waals surface area (Å²) in [5, 5.41) is 2.84. The minimum atomic E-state index is -0.945. The van der Waals surface area contributed by atoms with Crippen LogP contribution in [0.4, 0.5) is 8.78 Å². The molecule has 1 atom stereocenters. The van der Waals surface area contributed by atoms with E-state index in [0.29, 0.717) is 17.6 Å². The number of nitrogens with one attached hydrogen (secondary N) is 1. The lowest BCUT2D eigenvalue weighted by Crippen LogP contribution is -2.31. The summed E-state index contributed by atoms with van der Waals surface area (Å²) in [6.45, 7) is 4.42. The Balaban J connectivity index is 2.13. The lowest BCUT2D eigenvalue weighted by atomic mass is 10.2. The molecule has 1 N–H and O–H groups in total. The number of carbonyl (C=O) groups excluding carboxylic acids is 1. The maximum Gasteiger partial charge on any atom is 0.242 e. The number of imidazole rings is 1. The van der Waals surface area contributed by atoms with Crippen molar-refractivity contribution in [2.24, 2.45) is 0 Å². The number of rotatable bonds is 6. The maximum atomic E-state index is 13.3. The molecule has 114 valence electrons. The Kier molecular flexibility index (Phi) is 4.88. The van der Waals surface area contributed by atoms with Crippen molar-refractivity contribution in [2.45, 2.75) is 39.2 Å². The second-order valence-corrected chi connectivity index (χ2v) is 5.08. The molecule has 0 saturated heterocycles. The lowest BCUT2D eigenvalue weighted by Gasteiger charge is -2.14. The van der Waals surface area contributed by atoms with Crippen molar-refractivity contribution < 1.29 is 13.6 Å². The zero-order chi connectivity index (χ0) is 15.4. The third-order valence-corrected chi connectivity index (χ3v) is 3.49. The van der Waals surface area contributed by atoms with Crippen molar-refractivity contribution in [3.05, 3.63) is 30.1 Å². The molecule has 0 aliphatic carbocycles. The van der Waals surface area contributed by atoms with Crippen LogP contribution in [0.1, 0.15) is 39.2 Å². The van der Waals surface area contributed by atoms with E-state index in [0.717, 1.165) is 31.4 Å². The van der Waals surface area contributed by atoms with Gasteiger partial charge in [0.05, 0.1) is 17.4 Å². The second kappa shape index (κ2) is 6.65. The smallest absolute Gasteiger partial charge is 0.242 e. The molecule has 0 bridgehead atoms. The third kappa shape index (κ3) is 3.37. The van der Waals surface area contributed by atoms with E-state index < -0.39 is 17.7 Å². The van der Waals surface area contributed by atoms with Gasteiger partial charge in [0.2, 0.25) is 5.91 Å². The van der Waals surface area contributed by atoms with Crippen LogP contribution in [0, 0.1) is 11.6 Å². The van der Waals surface area contributed by atoms with Crippen molar-refractivity contribution in [1.82, 2.24) is 14.9 Å². The minimum absolute atomic E-state index is 0.157. The van der Waals surface area contributed by atoms with Crippen LogP contribution in [-0.2, 0) is 4.79 Å². The van der Waals surface area contributed by atoms with E-state index in [9.17, 15) is 13.6 Å². The fraction of sp³-hybridized carbons (Fsp3) is 0.467. The van der Waals surface area contributed by atoms with Gasteiger partial charge < -0.3 is 9.88 Å². The molecule has 4 nitrogen and oxygen atoms in total. The van der Waals surface area contributed by atoms with Gasteiger partial charge >= 0.3 is 0 Å². The summed E-state index contributed by atoms with van der Waals surface area (Å²) < 4.78 is 28.0. The van der Waals surface area contributed by atoms with Crippen molar-refractivity contribution in [3.8, 4) is 0 Å². The quantitative estimate of drug-likeness (QED) is 0.832. The number of hydrogen-bond donors (Lipinski definition) is 1. The molecule has 21 heavy (non-hydrogen) atoms. The summed E-state index contributed by atoms with van der Waals surface area (Å²) in [7, 11) is 0. The highest BCUT2D eigenvalue weighted by molar-refractivity contribution is 5.83. The lowest BCUT2D eigenvalue weighted by molar-refractivity contribution is -0.123. The van der Waals surface area contributed by atoms with Gasteiger partial charge in [-0.3, -0.25) is 4.79 Å². The average molecular weight is 295 g/mol. The Labute approximate surface area is 122 Å². The zero-order valence-electron chi connectivity index (χ0n) is 12.2. The average Bonchev–Trinajstić information content (AvgIpc) is 2.86. The van der Waals surface area contributed by atoms with E-state index in [1.54, 1.807) is 11.5 Å². The SMILES string of the molecule is CCCCCNC(=O)C(C)n1cnc2cc(F)c(F)cc21. The third-order valence-electron chi connectivity index (χ3n) is 3.49. The van der Waals surface area contributed by atoms with Crippen LogP contribution in [0.25, 0.3) is 11.0 Å². The molecule has 0 saturated carbocycles. The molecule has 2 aromatic rings. The molecule has 1 aromatic heterocycles. The van der Waals surface area contributed by atoms with Crippen LogP contribution in [0.3, 0.4) is 0 Å². The normalized spacial score (nSPS) is 12.6. The highest BCUT2D eigenvalue weighted by Gasteiger charge is 2.18. The zero-order valence-corrected chi connectivity index (χ0v) is 12.2. The first-order valence-electron chi connectivity index (χ1n) is 7.14. The number of nitrogens with zero attached hydrogens (tertiary/aromatic N) is 2. The topological polar surface area (TPSA) is 46.9 Å². The summed E-state index contributed by atoms with van der Waals surface area (Å²) in [5.74, 6) is -2.04. The van der Waals surface area contributed by atoms with E-state index in [1.807, 2.05) is 0 Å². The van der Waals surface area contributed by atoms with Crippen LogP contribution < -0.4 is 5.32 Å². The molecule has 1 heterocycles. The Morgan fingerprint density at radius 2 is 2.05 bits per heavy atom. The van der Waals surface area contributed by atoms with Gasteiger partial charge in [-0.1, -0.05) is 19.8 Å². The molecule has 0 spiro atoms. The van der Waals surface area contributed by atoms with Crippen LogP contribution >= 0.6 is 0 Å². The number of amides is 1. The number of unbranched alkanes of at least 4 members (excludes halogenated alkanes) is 2. The number of halogens is 2. The van der Waals surface area contributed by atoms with Gasteiger partial charge in [-0.2, -0.15) is 0 Å². The molecule has 1 unspecified atom stereocenters. The molecule has 0 fully saturated rings. The van der Waals surface area contributed by atoms with Crippen molar-refractivity contribution in [2.75, 3.05) is 6.54 Å². The Morgan fingerprint density at radius 3 is 2.76 bits per heavy atom. The number of hydrogen-bond acceptors (Lipinski definition) is 2. The largest absolute Gasteiger partial charge is 0.354 e. The molecule has 0 aliphatic heterocycles. The fourth-order valence-electron chi connectivity index (χ4n) is 2.19. The minimum Gasteiger partial charge on any atom is -0.354 e. The van der Waals surface area contributed by atoms with E-state index in [4.69, 9.17) is 0 Å².